The molecule has 3 nitrogen and oxygen atoms in total. The van der Waals surface area contributed by atoms with Crippen LogP contribution in [0.5, 0.6) is 0 Å². The largest absolute Gasteiger partial charge is 0.252 e. The van der Waals surface area contributed by atoms with Crippen molar-refractivity contribution in [2.45, 2.75) is 41.5 Å². The number of nitrogens with zero attached hydrogens (tertiary/aromatic N) is 3. The zero-order chi connectivity index (χ0) is 23.0. The van der Waals surface area contributed by atoms with Gasteiger partial charge in [-0.05, 0) is 76.9 Å². The van der Waals surface area contributed by atoms with Gasteiger partial charge in [0.05, 0.1) is 29.9 Å². The molecule has 3 heteroatoms. The van der Waals surface area contributed by atoms with Crippen molar-refractivity contribution < 1.29 is 0 Å². The van der Waals surface area contributed by atoms with Gasteiger partial charge in [-0.1, -0.05) is 52.1 Å². The number of aryl methyl sites for hydroxylation is 5. The van der Waals surface area contributed by atoms with Crippen LogP contribution in [0, 0.1) is 48.1 Å². The van der Waals surface area contributed by atoms with E-state index in [0.717, 1.165) is 44.9 Å². The van der Waals surface area contributed by atoms with Gasteiger partial charge in [0.15, 0.2) is 5.69 Å². The Labute approximate surface area is 190 Å². The molecule has 1 aromatic heterocycles. The van der Waals surface area contributed by atoms with Crippen LogP contribution in [0.2, 0.25) is 0 Å². The van der Waals surface area contributed by atoms with Gasteiger partial charge in [0.1, 0.15) is 0 Å². The van der Waals surface area contributed by atoms with E-state index in [1.807, 2.05) is 26.1 Å². The summed E-state index contributed by atoms with van der Waals surface area (Å²) in [5, 5.41) is 0. The van der Waals surface area contributed by atoms with Crippen LogP contribution >= 0.6 is 0 Å². The second kappa shape index (κ2) is 8.40. The molecule has 4 aromatic rings. The highest BCUT2D eigenvalue weighted by atomic mass is 14.8. The molecule has 0 saturated carbocycles. The Morgan fingerprint density at radius 3 is 1.66 bits per heavy atom. The second-order valence-electron chi connectivity index (χ2n) is 8.77. The summed E-state index contributed by atoms with van der Waals surface area (Å²) in [6.45, 7) is 20.0. The van der Waals surface area contributed by atoms with E-state index in [-0.39, 0.29) is 0 Å². The molecule has 0 unspecified atom stereocenters. The summed E-state index contributed by atoms with van der Waals surface area (Å²) >= 11 is 0. The number of hydrogen-bond acceptors (Lipinski definition) is 2. The van der Waals surface area contributed by atoms with Crippen LogP contribution in [0.4, 0.5) is 5.69 Å². The van der Waals surface area contributed by atoms with Gasteiger partial charge in [0.2, 0.25) is 0 Å². The van der Waals surface area contributed by atoms with Gasteiger partial charge in [-0.15, -0.1) is 0 Å². The van der Waals surface area contributed by atoms with Gasteiger partial charge in [0, 0.05) is 11.1 Å². The lowest BCUT2D eigenvalue weighted by atomic mass is 9.97. The Kier molecular flexibility index (Phi) is 5.63. The quantitative estimate of drug-likeness (QED) is 0.317. The van der Waals surface area contributed by atoms with Crippen LogP contribution in [-0.4, -0.2) is 9.97 Å². The molecule has 0 amide bonds. The lowest BCUT2D eigenvalue weighted by Gasteiger charge is -2.15. The summed E-state index contributed by atoms with van der Waals surface area (Å²) in [5.74, 6) is 0. The highest BCUT2D eigenvalue weighted by molar-refractivity contribution is 5.82. The van der Waals surface area contributed by atoms with Gasteiger partial charge in [-0.25, -0.2) is 9.83 Å². The maximum absolute atomic E-state index is 7.54. The lowest BCUT2D eigenvalue weighted by molar-refractivity contribution is 1.20. The average molecular weight is 418 g/mol. The van der Waals surface area contributed by atoms with Crippen LogP contribution in [0.15, 0.2) is 54.7 Å². The van der Waals surface area contributed by atoms with Gasteiger partial charge in [-0.3, -0.25) is 4.98 Å². The van der Waals surface area contributed by atoms with Crippen molar-refractivity contribution in [1.82, 2.24) is 9.97 Å². The SMILES string of the molecule is [C-]#[N+]c1cc(C)cc(-c2cnc(-c3cc(C)cc(C)c3)c(-c3cc(C)cc(C)c3)n2)c1C. The molecule has 3 aromatic carbocycles. The normalized spacial score (nSPS) is 10.8. The maximum Gasteiger partial charge on any atom is 0.191 e. The number of benzene rings is 3. The molecule has 4 rings (SSSR count). The molecule has 0 saturated heterocycles. The Hall–Kier alpha value is -3.77. The minimum absolute atomic E-state index is 0.660. The molecular formula is C29H27N3. The molecule has 0 aliphatic rings. The third kappa shape index (κ3) is 4.18. The first-order valence-electron chi connectivity index (χ1n) is 10.8. The fourth-order valence-electron chi connectivity index (χ4n) is 4.38. The molecule has 0 aliphatic carbocycles. The van der Waals surface area contributed by atoms with E-state index in [4.69, 9.17) is 16.5 Å². The molecule has 32 heavy (non-hydrogen) atoms. The van der Waals surface area contributed by atoms with E-state index < -0.39 is 0 Å². The van der Waals surface area contributed by atoms with E-state index in [0.29, 0.717) is 5.69 Å². The third-order valence-electron chi connectivity index (χ3n) is 5.68. The van der Waals surface area contributed by atoms with Crippen molar-refractivity contribution in [1.29, 1.82) is 0 Å². The number of rotatable bonds is 3. The zero-order valence-corrected chi connectivity index (χ0v) is 19.5. The molecule has 0 aliphatic heterocycles. The molecule has 1 heterocycles. The highest BCUT2D eigenvalue weighted by Crippen LogP contribution is 2.36. The standard InChI is InChI=1S/C29H27N3/c1-17-8-18(2)11-23(10-17)28-29(24-12-19(3)9-20(4)13-24)32-27(16-31-28)25-14-21(5)15-26(30-7)22(25)6/h8-16H,1-6H3. The van der Waals surface area contributed by atoms with Crippen LogP contribution in [0.25, 0.3) is 38.6 Å². The van der Waals surface area contributed by atoms with Crippen molar-refractivity contribution in [2.75, 3.05) is 0 Å². The Morgan fingerprint density at radius 1 is 0.625 bits per heavy atom. The molecule has 0 fully saturated rings. The van der Waals surface area contributed by atoms with Crippen molar-refractivity contribution >= 4 is 5.69 Å². The van der Waals surface area contributed by atoms with Crippen molar-refractivity contribution in [2.24, 2.45) is 0 Å². The van der Waals surface area contributed by atoms with Gasteiger partial charge < -0.3 is 0 Å². The minimum atomic E-state index is 0.660. The third-order valence-corrected chi connectivity index (χ3v) is 5.68. The molecule has 0 bridgehead atoms. The lowest BCUT2D eigenvalue weighted by Crippen LogP contribution is -1.99. The fraction of sp³-hybridized carbons (Fsp3) is 0.207. The van der Waals surface area contributed by atoms with Gasteiger partial charge in [-0.2, -0.15) is 0 Å². The Balaban J connectivity index is 2.02. The first-order valence-corrected chi connectivity index (χ1v) is 10.8. The summed E-state index contributed by atoms with van der Waals surface area (Å²) in [5.41, 5.74) is 13.1. The van der Waals surface area contributed by atoms with Crippen molar-refractivity contribution in [3.8, 4) is 33.8 Å². The molecule has 0 N–H and O–H groups in total. The van der Waals surface area contributed by atoms with Crippen LogP contribution in [0.3, 0.4) is 0 Å². The van der Waals surface area contributed by atoms with Crippen LogP contribution < -0.4 is 0 Å². The van der Waals surface area contributed by atoms with Gasteiger partial charge in [0.25, 0.3) is 0 Å². The van der Waals surface area contributed by atoms with E-state index in [9.17, 15) is 0 Å². The second-order valence-corrected chi connectivity index (χ2v) is 8.77. The fourth-order valence-corrected chi connectivity index (χ4v) is 4.38. The van der Waals surface area contributed by atoms with E-state index in [1.54, 1.807) is 0 Å². The number of hydrogen-bond donors (Lipinski definition) is 0. The Bertz CT molecular complexity index is 1350. The first-order chi connectivity index (χ1) is 15.2. The smallest absolute Gasteiger partial charge is 0.191 e. The van der Waals surface area contributed by atoms with Crippen molar-refractivity contribution in [3.05, 3.63) is 99.5 Å². The van der Waals surface area contributed by atoms with Crippen LogP contribution in [0.1, 0.15) is 33.4 Å². The maximum atomic E-state index is 7.54. The summed E-state index contributed by atoms with van der Waals surface area (Å²) < 4.78 is 0. The molecular weight excluding hydrogens is 390 g/mol. The first kappa shape index (κ1) is 21.5. The summed E-state index contributed by atoms with van der Waals surface area (Å²) in [4.78, 5) is 13.8. The Morgan fingerprint density at radius 2 is 1.12 bits per heavy atom. The molecule has 0 atom stereocenters. The monoisotopic (exact) mass is 417 g/mol. The van der Waals surface area contributed by atoms with E-state index in [1.165, 1.54) is 22.3 Å². The average Bonchev–Trinajstić information content (AvgIpc) is 2.73. The predicted octanol–water partition coefficient (Wildman–Crippen LogP) is 7.88. The number of aromatic nitrogens is 2. The van der Waals surface area contributed by atoms with Crippen LogP contribution in [-0.2, 0) is 0 Å². The molecule has 0 spiro atoms. The summed E-state index contributed by atoms with van der Waals surface area (Å²) in [6, 6.07) is 17.0. The minimum Gasteiger partial charge on any atom is -0.252 e. The van der Waals surface area contributed by atoms with E-state index in [2.05, 4.69) is 75.0 Å². The predicted molar refractivity (Wildman–Crippen MR) is 133 cm³/mol. The van der Waals surface area contributed by atoms with E-state index >= 15 is 0 Å². The van der Waals surface area contributed by atoms with Crippen molar-refractivity contribution in [3.63, 3.8) is 0 Å². The highest BCUT2D eigenvalue weighted by Gasteiger charge is 2.16. The summed E-state index contributed by atoms with van der Waals surface area (Å²) in [6.07, 6.45) is 1.84. The molecule has 0 radical (unpaired) electrons. The zero-order valence-electron chi connectivity index (χ0n) is 19.5. The topological polar surface area (TPSA) is 30.1 Å². The van der Waals surface area contributed by atoms with Gasteiger partial charge >= 0.3 is 0 Å². The summed E-state index contributed by atoms with van der Waals surface area (Å²) in [7, 11) is 0. The molecule has 158 valence electrons.